The molecule has 0 rings (SSSR count). The summed E-state index contributed by atoms with van der Waals surface area (Å²) in [4.78, 5) is 37.7. The number of esters is 3. The van der Waals surface area contributed by atoms with E-state index < -0.39 is 6.10 Å². The van der Waals surface area contributed by atoms with E-state index in [0.29, 0.717) is 25.7 Å². The van der Waals surface area contributed by atoms with Crippen LogP contribution < -0.4 is 0 Å². The van der Waals surface area contributed by atoms with Gasteiger partial charge in [-0.3, -0.25) is 14.4 Å². The van der Waals surface area contributed by atoms with Crippen molar-refractivity contribution in [3.05, 3.63) is 72.9 Å². The molecule has 0 aliphatic heterocycles. The fourth-order valence-corrected chi connectivity index (χ4v) is 6.36. The molecule has 1 atom stereocenters. The number of hydrogen-bond donors (Lipinski definition) is 0. The molecule has 0 radical (unpaired) electrons. The molecule has 6 nitrogen and oxygen atoms in total. The molecule has 0 heterocycles. The van der Waals surface area contributed by atoms with E-state index in [-0.39, 0.29) is 37.5 Å². The van der Waals surface area contributed by atoms with Crippen LogP contribution in [0.1, 0.15) is 220 Å². The van der Waals surface area contributed by atoms with Gasteiger partial charge in [-0.2, -0.15) is 0 Å². The third kappa shape index (κ3) is 44.0. The van der Waals surface area contributed by atoms with Gasteiger partial charge in [0.15, 0.2) is 6.10 Å². The SMILES string of the molecule is CC/C=C\C/C=C\C/C=C\C/C=C\C/C=C\CCCC(=O)OCC(COC(=O)CCC/C=C\CCCCCC)OC(=O)CCCCCCCCCCCCCCCC. The summed E-state index contributed by atoms with van der Waals surface area (Å²) in [5.74, 6) is -1.00. The van der Waals surface area contributed by atoms with Crippen LogP contribution in [0, 0.1) is 0 Å². The van der Waals surface area contributed by atoms with Gasteiger partial charge in [0.25, 0.3) is 0 Å². The molecule has 0 aromatic heterocycles. The van der Waals surface area contributed by atoms with Gasteiger partial charge in [-0.05, 0) is 77.0 Å². The molecule has 6 heteroatoms. The normalized spacial score (nSPS) is 12.7. The van der Waals surface area contributed by atoms with E-state index in [9.17, 15) is 14.4 Å². The van der Waals surface area contributed by atoms with Crippen molar-refractivity contribution in [2.24, 2.45) is 0 Å². The summed E-state index contributed by atoms with van der Waals surface area (Å²) in [5, 5.41) is 0. The zero-order chi connectivity index (χ0) is 42.3. The van der Waals surface area contributed by atoms with E-state index in [1.165, 1.54) is 96.3 Å². The van der Waals surface area contributed by atoms with E-state index >= 15 is 0 Å². The van der Waals surface area contributed by atoms with Crippen molar-refractivity contribution in [3.8, 4) is 0 Å². The Labute approximate surface area is 357 Å². The van der Waals surface area contributed by atoms with Crippen LogP contribution in [0.15, 0.2) is 72.9 Å². The summed E-state index contributed by atoms with van der Waals surface area (Å²) in [6, 6.07) is 0. The highest BCUT2D eigenvalue weighted by molar-refractivity contribution is 5.71. The zero-order valence-corrected chi connectivity index (χ0v) is 37.8. The van der Waals surface area contributed by atoms with Crippen LogP contribution in [-0.2, 0) is 28.6 Å². The fraction of sp³-hybridized carbons (Fsp3) is 0.712. The molecule has 1 unspecified atom stereocenters. The maximum absolute atomic E-state index is 12.7. The molecular weight excluding hydrogens is 721 g/mol. The molecule has 0 saturated carbocycles. The second-order valence-corrected chi connectivity index (χ2v) is 15.6. The Morgan fingerprint density at radius 1 is 0.362 bits per heavy atom. The number of allylic oxidation sites excluding steroid dienone is 12. The Kier molecular flexibility index (Phi) is 44.0. The number of carbonyl (C=O) groups is 3. The average molecular weight is 809 g/mol. The van der Waals surface area contributed by atoms with Crippen molar-refractivity contribution in [2.75, 3.05) is 13.2 Å². The molecule has 0 bridgehead atoms. The first-order chi connectivity index (χ1) is 28.5. The highest BCUT2D eigenvalue weighted by Crippen LogP contribution is 2.14. The minimum Gasteiger partial charge on any atom is -0.462 e. The van der Waals surface area contributed by atoms with E-state index in [1.54, 1.807) is 0 Å². The standard InChI is InChI=1S/C52H88O6/c1-4-7-10-13-16-19-21-23-25-26-27-29-30-33-36-39-42-45-51(54)57-48-49(47-56-50(53)44-41-38-35-32-18-15-12-9-6-3)58-52(55)46-43-40-37-34-31-28-24-22-20-17-14-11-8-5-2/h7,10,16,19,23,25,27,29,32-33,35-36,49H,4-6,8-9,11-15,17-18,20-22,24,26,28,30-31,34,37-48H2,1-3H3/b10-7-,19-16-,25-23-,29-27-,35-32-,36-33-. The molecule has 0 aromatic rings. The highest BCUT2D eigenvalue weighted by atomic mass is 16.6. The maximum atomic E-state index is 12.7. The lowest BCUT2D eigenvalue weighted by Gasteiger charge is -2.18. The van der Waals surface area contributed by atoms with E-state index in [0.717, 1.165) is 70.6 Å². The molecule has 0 aliphatic rings. The predicted octanol–water partition coefficient (Wildman–Crippen LogP) is 15.5. The lowest BCUT2D eigenvalue weighted by atomic mass is 10.0. The van der Waals surface area contributed by atoms with Crippen LogP contribution in [0.25, 0.3) is 0 Å². The van der Waals surface area contributed by atoms with Gasteiger partial charge in [-0.15, -0.1) is 0 Å². The van der Waals surface area contributed by atoms with Gasteiger partial charge in [0, 0.05) is 19.3 Å². The quantitative estimate of drug-likeness (QED) is 0.0264. The summed E-state index contributed by atoms with van der Waals surface area (Å²) in [7, 11) is 0. The predicted molar refractivity (Wildman–Crippen MR) is 247 cm³/mol. The van der Waals surface area contributed by atoms with Crippen molar-refractivity contribution in [1.29, 1.82) is 0 Å². The highest BCUT2D eigenvalue weighted by Gasteiger charge is 2.19. The molecule has 0 aliphatic carbocycles. The van der Waals surface area contributed by atoms with Crippen LogP contribution in [0.4, 0.5) is 0 Å². The van der Waals surface area contributed by atoms with Crippen LogP contribution in [0.2, 0.25) is 0 Å². The third-order valence-corrected chi connectivity index (χ3v) is 9.95. The number of unbranched alkanes of at least 4 members (excludes halogenated alkanes) is 19. The lowest BCUT2D eigenvalue weighted by Crippen LogP contribution is -2.30. The van der Waals surface area contributed by atoms with Crippen molar-refractivity contribution in [3.63, 3.8) is 0 Å². The molecule has 0 fully saturated rings. The number of ether oxygens (including phenoxy) is 3. The number of rotatable bonds is 42. The van der Waals surface area contributed by atoms with E-state index in [1.807, 2.05) is 0 Å². The van der Waals surface area contributed by atoms with Crippen LogP contribution in [0.3, 0.4) is 0 Å². The van der Waals surface area contributed by atoms with Gasteiger partial charge in [0.2, 0.25) is 0 Å². The Morgan fingerprint density at radius 2 is 0.690 bits per heavy atom. The molecule has 0 saturated heterocycles. The topological polar surface area (TPSA) is 78.9 Å². The first-order valence-electron chi connectivity index (χ1n) is 23.9. The summed E-state index contributed by atoms with van der Waals surface area (Å²) < 4.78 is 16.6. The Hall–Kier alpha value is -3.15. The van der Waals surface area contributed by atoms with Crippen molar-refractivity contribution in [1.82, 2.24) is 0 Å². The summed E-state index contributed by atoms with van der Waals surface area (Å²) in [5.41, 5.74) is 0. The second-order valence-electron chi connectivity index (χ2n) is 15.6. The first kappa shape index (κ1) is 54.9. The van der Waals surface area contributed by atoms with Crippen molar-refractivity contribution in [2.45, 2.75) is 226 Å². The van der Waals surface area contributed by atoms with Crippen LogP contribution >= 0.6 is 0 Å². The van der Waals surface area contributed by atoms with Crippen LogP contribution in [-0.4, -0.2) is 37.2 Å². The molecule has 332 valence electrons. The van der Waals surface area contributed by atoms with E-state index in [2.05, 4.69) is 93.7 Å². The van der Waals surface area contributed by atoms with Gasteiger partial charge >= 0.3 is 17.9 Å². The number of carbonyl (C=O) groups excluding carboxylic acids is 3. The van der Waals surface area contributed by atoms with Gasteiger partial charge in [0.05, 0.1) is 0 Å². The van der Waals surface area contributed by atoms with Gasteiger partial charge < -0.3 is 14.2 Å². The van der Waals surface area contributed by atoms with Crippen LogP contribution in [0.5, 0.6) is 0 Å². The molecule has 0 aromatic carbocycles. The molecule has 0 amide bonds. The number of hydrogen-bond acceptors (Lipinski definition) is 6. The molecule has 58 heavy (non-hydrogen) atoms. The van der Waals surface area contributed by atoms with Crippen molar-refractivity contribution >= 4 is 17.9 Å². The second kappa shape index (κ2) is 46.5. The van der Waals surface area contributed by atoms with Gasteiger partial charge in [0.1, 0.15) is 13.2 Å². The fourth-order valence-electron chi connectivity index (χ4n) is 6.36. The molecule has 0 N–H and O–H groups in total. The zero-order valence-electron chi connectivity index (χ0n) is 37.8. The minimum atomic E-state index is -0.805. The maximum Gasteiger partial charge on any atom is 0.306 e. The monoisotopic (exact) mass is 809 g/mol. The molecule has 0 spiro atoms. The lowest BCUT2D eigenvalue weighted by molar-refractivity contribution is -0.167. The molecular formula is C52H88O6. The van der Waals surface area contributed by atoms with Crippen molar-refractivity contribution < 1.29 is 28.6 Å². The Balaban J connectivity index is 4.46. The summed E-state index contributed by atoms with van der Waals surface area (Å²) in [6.45, 7) is 6.40. The minimum absolute atomic E-state index is 0.107. The van der Waals surface area contributed by atoms with E-state index in [4.69, 9.17) is 14.2 Å². The third-order valence-electron chi connectivity index (χ3n) is 9.95. The summed E-state index contributed by atoms with van der Waals surface area (Å²) >= 11 is 0. The first-order valence-corrected chi connectivity index (χ1v) is 23.9. The largest absolute Gasteiger partial charge is 0.462 e. The summed E-state index contributed by atoms with van der Waals surface area (Å²) in [6.07, 6.45) is 57.6. The van der Waals surface area contributed by atoms with Gasteiger partial charge in [-0.25, -0.2) is 0 Å². The Bertz CT molecular complexity index is 1110. The smallest absolute Gasteiger partial charge is 0.306 e. The average Bonchev–Trinajstić information content (AvgIpc) is 3.22. The Morgan fingerprint density at radius 3 is 1.12 bits per heavy atom. The van der Waals surface area contributed by atoms with Gasteiger partial charge in [-0.1, -0.05) is 196 Å².